The van der Waals surface area contributed by atoms with Gasteiger partial charge in [0.1, 0.15) is 4.75 Å². The number of hydrogen-bond donors (Lipinski definition) is 2. The van der Waals surface area contributed by atoms with E-state index in [0.29, 0.717) is 0 Å². The van der Waals surface area contributed by atoms with Crippen LogP contribution in [-0.2, 0) is 9.84 Å². The van der Waals surface area contributed by atoms with Gasteiger partial charge in [0.05, 0.1) is 17.1 Å². The molecule has 152 valence electrons. The predicted octanol–water partition coefficient (Wildman–Crippen LogP) is 1.86. The van der Waals surface area contributed by atoms with Crippen LogP contribution in [0.5, 0.6) is 5.75 Å². The molecular weight excluding hydrogens is 418 g/mol. The number of amides is 1. The molecule has 1 aliphatic carbocycles. The summed E-state index contributed by atoms with van der Waals surface area (Å²) >= 11 is 5.97. The Hall–Kier alpha value is -2.91. The van der Waals surface area contributed by atoms with Crippen molar-refractivity contribution >= 4 is 27.3 Å². The highest BCUT2D eigenvalue weighted by Gasteiger charge is 2.46. The molecule has 0 spiro atoms. The number of aromatic nitrogens is 2. The zero-order valence-corrected chi connectivity index (χ0v) is 17.1. The number of nitrogens with one attached hydrogen (secondary N) is 1. The van der Waals surface area contributed by atoms with Crippen LogP contribution in [0.2, 0.25) is 5.02 Å². The third kappa shape index (κ3) is 3.47. The largest absolute Gasteiger partial charge is 0.503 e. The molecule has 8 nitrogen and oxygen atoms in total. The van der Waals surface area contributed by atoms with Crippen molar-refractivity contribution in [3.05, 3.63) is 75.7 Å². The number of carbonyl (C=O) groups is 1. The first-order chi connectivity index (χ1) is 13.6. The lowest BCUT2D eigenvalue weighted by atomic mass is 9.96. The molecular formula is C19H18ClN3O5S. The van der Waals surface area contributed by atoms with E-state index in [-0.39, 0.29) is 9.92 Å². The van der Waals surface area contributed by atoms with Gasteiger partial charge in [0.15, 0.2) is 21.3 Å². The number of carbonyl (C=O) groups excluding carboxylic acids is 1. The fraction of sp³-hybridized carbons (Fsp3) is 0.211. The smallest absolute Gasteiger partial charge is 0.275 e. The number of halogens is 1. The number of sulfone groups is 1. The first-order valence-corrected chi connectivity index (χ1v) is 10.4. The third-order valence-corrected chi connectivity index (χ3v) is 7.39. The maximum Gasteiger partial charge on any atom is 0.275 e. The molecule has 0 bridgehead atoms. The molecule has 2 atom stereocenters. The van der Waals surface area contributed by atoms with Crippen LogP contribution in [0.3, 0.4) is 0 Å². The van der Waals surface area contributed by atoms with Gasteiger partial charge >= 0.3 is 0 Å². The minimum Gasteiger partial charge on any atom is -0.503 e. The molecule has 3 rings (SSSR count). The summed E-state index contributed by atoms with van der Waals surface area (Å²) in [7, 11) is -2.67. The van der Waals surface area contributed by atoms with Gasteiger partial charge in [-0.1, -0.05) is 42.0 Å². The Labute approximate surface area is 172 Å². The SMILES string of the molecule is CNC(=O)c1nn(C2C=CC=CC2(C)S(=O)(=O)c2cccc(Cl)c2)cc(O)c1=O. The Morgan fingerprint density at radius 3 is 2.72 bits per heavy atom. The zero-order valence-electron chi connectivity index (χ0n) is 15.5. The Morgan fingerprint density at radius 2 is 2.07 bits per heavy atom. The number of hydrogen-bond acceptors (Lipinski definition) is 6. The summed E-state index contributed by atoms with van der Waals surface area (Å²) in [5.41, 5.74) is -1.49. The molecule has 1 aliphatic rings. The van der Waals surface area contributed by atoms with Crippen LogP contribution in [0.4, 0.5) is 0 Å². The number of aromatic hydroxyl groups is 1. The van der Waals surface area contributed by atoms with Crippen molar-refractivity contribution in [2.24, 2.45) is 0 Å². The highest BCUT2D eigenvalue weighted by atomic mass is 35.5. The van der Waals surface area contributed by atoms with Crippen molar-refractivity contribution in [1.29, 1.82) is 0 Å². The Bertz CT molecular complexity index is 1200. The molecule has 1 aromatic heterocycles. The number of rotatable bonds is 4. The summed E-state index contributed by atoms with van der Waals surface area (Å²) in [5, 5.41) is 16.6. The second-order valence-electron chi connectivity index (χ2n) is 6.58. The maximum atomic E-state index is 13.5. The van der Waals surface area contributed by atoms with Crippen molar-refractivity contribution in [1.82, 2.24) is 15.1 Å². The van der Waals surface area contributed by atoms with Gasteiger partial charge in [0.2, 0.25) is 0 Å². The fourth-order valence-electron chi connectivity index (χ4n) is 3.10. The zero-order chi connectivity index (χ0) is 21.4. The summed E-state index contributed by atoms with van der Waals surface area (Å²) in [6.07, 6.45) is 7.27. The summed E-state index contributed by atoms with van der Waals surface area (Å²) in [6, 6.07) is 4.92. The van der Waals surface area contributed by atoms with Crippen molar-refractivity contribution < 1.29 is 18.3 Å². The van der Waals surface area contributed by atoms with Crippen molar-refractivity contribution in [2.45, 2.75) is 22.6 Å². The second kappa shape index (κ2) is 7.49. The van der Waals surface area contributed by atoms with Crippen LogP contribution >= 0.6 is 11.6 Å². The van der Waals surface area contributed by atoms with Crippen LogP contribution < -0.4 is 10.7 Å². The maximum absolute atomic E-state index is 13.5. The van der Waals surface area contributed by atoms with E-state index in [0.717, 1.165) is 10.9 Å². The van der Waals surface area contributed by atoms with Crippen LogP contribution in [0.15, 0.2) is 64.5 Å². The van der Waals surface area contributed by atoms with Gasteiger partial charge < -0.3 is 10.4 Å². The molecule has 0 saturated heterocycles. The van der Waals surface area contributed by atoms with Gasteiger partial charge in [-0.3, -0.25) is 14.3 Å². The fourth-order valence-corrected chi connectivity index (χ4v) is 5.16. The molecule has 2 N–H and O–H groups in total. The van der Waals surface area contributed by atoms with E-state index in [9.17, 15) is 23.1 Å². The van der Waals surface area contributed by atoms with Crippen molar-refractivity contribution in [3.8, 4) is 5.75 Å². The van der Waals surface area contributed by atoms with E-state index in [1.165, 1.54) is 38.2 Å². The lowest BCUT2D eigenvalue weighted by Gasteiger charge is -2.35. The van der Waals surface area contributed by atoms with Gasteiger partial charge in [-0.2, -0.15) is 5.10 Å². The van der Waals surface area contributed by atoms with Gasteiger partial charge in [-0.25, -0.2) is 8.42 Å². The van der Waals surface area contributed by atoms with E-state index in [4.69, 9.17) is 11.6 Å². The molecule has 0 saturated carbocycles. The molecule has 1 aromatic carbocycles. The van der Waals surface area contributed by atoms with Crippen molar-refractivity contribution in [2.75, 3.05) is 7.05 Å². The average molecular weight is 436 g/mol. The third-order valence-electron chi connectivity index (χ3n) is 4.75. The molecule has 0 aliphatic heterocycles. The molecule has 1 amide bonds. The number of benzene rings is 1. The first-order valence-electron chi connectivity index (χ1n) is 8.52. The molecule has 10 heteroatoms. The first kappa shape index (κ1) is 20.8. The minimum atomic E-state index is -3.99. The van der Waals surface area contributed by atoms with Crippen LogP contribution in [-0.4, -0.2) is 41.0 Å². The summed E-state index contributed by atoms with van der Waals surface area (Å²) in [5.74, 6) is -1.52. The topological polar surface area (TPSA) is 118 Å². The highest BCUT2D eigenvalue weighted by molar-refractivity contribution is 7.93. The van der Waals surface area contributed by atoms with Gasteiger partial charge in [-0.15, -0.1) is 0 Å². The van der Waals surface area contributed by atoms with Gasteiger partial charge in [-0.05, 0) is 25.1 Å². The van der Waals surface area contributed by atoms with Crippen molar-refractivity contribution in [3.63, 3.8) is 0 Å². The van der Waals surface area contributed by atoms with E-state index in [1.54, 1.807) is 24.3 Å². The van der Waals surface area contributed by atoms with E-state index >= 15 is 0 Å². The quantitative estimate of drug-likeness (QED) is 0.756. The van der Waals surface area contributed by atoms with Gasteiger partial charge in [0, 0.05) is 12.1 Å². The molecule has 0 fully saturated rings. The minimum absolute atomic E-state index is 0.00856. The Morgan fingerprint density at radius 1 is 1.34 bits per heavy atom. The Balaban J connectivity index is 2.21. The number of allylic oxidation sites excluding steroid dienone is 3. The van der Waals surface area contributed by atoms with E-state index < -0.39 is 43.4 Å². The summed E-state index contributed by atoms with van der Waals surface area (Å²) in [6.45, 7) is 1.49. The standard InChI is InChI=1S/C19H18ClN3O5S/c1-19(29(27,28)13-7-5-6-12(20)10-13)9-4-3-8-15(19)23-11-14(24)17(25)16(22-23)18(26)21-2/h3-11,15,24H,1-2H3,(H,21,26). The molecule has 1 heterocycles. The average Bonchev–Trinajstić information content (AvgIpc) is 2.69. The molecule has 29 heavy (non-hydrogen) atoms. The molecule has 2 aromatic rings. The predicted molar refractivity (Wildman–Crippen MR) is 108 cm³/mol. The Kier molecular flexibility index (Phi) is 5.38. The monoisotopic (exact) mass is 435 g/mol. The van der Waals surface area contributed by atoms with Crippen LogP contribution in [0.25, 0.3) is 0 Å². The number of nitrogens with zero attached hydrogens (tertiary/aromatic N) is 2. The lowest BCUT2D eigenvalue weighted by Crippen LogP contribution is -2.44. The summed E-state index contributed by atoms with van der Waals surface area (Å²) in [4.78, 5) is 24.1. The van der Waals surface area contributed by atoms with Crippen LogP contribution in [0, 0.1) is 0 Å². The second-order valence-corrected chi connectivity index (χ2v) is 9.38. The lowest BCUT2D eigenvalue weighted by molar-refractivity contribution is 0.0953. The molecule has 0 radical (unpaired) electrons. The van der Waals surface area contributed by atoms with Gasteiger partial charge in [0.25, 0.3) is 11.3 Å². The summed E-state index contributed by atoms with van der Waals surface area (Å²) < 4.78 is 26.5. The highest BCUT2D eigenvalue weighted by Crippen LogP contribution is 2.40. The molecule has 2 unspecified atom stereocenters. The van der Waals surface area contributed by atoms with Crippen LogP contribution in [0.1, 0.15) is 23.5 Å². The van der Waals surface area contributed by atoms with E-state index in [1.807, 2.05) is 0 Å². The van der Waals surface area contributed by atoms with E-state index in [2.05, 4.69) is 10.4 Å². The normalized spacial score (nSPS) is 21.1.